The number of fused-ring (bicyclic) bond motifs is 1. The monoisotopic (exact) mass is 370 g/mol. The number of carbonyl (C=O) groups is 1. The molecule has 0 aliphatic rings. The number of methoxy groups -OCH3 is 2. The number of rotatable bonds is 6. The second-order valence-electron chi connectivity index (χ2n) is 5.65. The van der Waals surface area contributed by atoms with Crippen LogP contribution in [0.4, 0.5) is 0 Å². The van der Waals surface area contributed by atoms with Crippen LogP contribution in [-0.4, -0.2) is 26.3 Å². The molecule has 0 fully saturated rings. The van der Waals surface area contributed by atoms with Gasteiger partial charge < -0.3 is 23.4 Å². The molecule has 0 saturated carbocycles. The lowest BCUT2D eigenvalue weighted by Gasteiger charge is -2.12. The van der Waals surface area contributed by atoms with Crippen molar-refractivity contribution < 1.29 is 28.2 Å². The van der Waals surface area contributed by atoms with Crippen molar-refractivity contribution in [2.75, 3.05) is 14.2 Å². The van der Waals surface area contributed by atoms with Crippen LogP contribution in [0.5, 0.6) is 23.0 Å². The summed E-state index contributed by atoms with van der Waals surface area (Å²) in [5, 5.41) is 0.327. The van der Waals surface area contributed by atoms with Gasteiger partial charge in [-0.05, 0) is 31.2 Å². The zero-order valence-electron chi connectivity index (χ0n) is 15.1. The Kier molecular flexibility index (Phi) is 5.30. The minimum absolute atomic E-state index is 0.0485. The first-order chi connectivity index (χ1) is 13.0. The van der Waals surface area contributed by atoms with Crippen LogP contribution in [0.3, 0.4) is 0 Å². The van der Waals surface area contributed by atoms with Crippen molar-refractivity contribution in [3.63, 3.8) is 0 Å². The Morgan fingerprint density at radius 3 is 2.56 bits per heavy atom. The van der Waals surface area contributed by atoms with E-state index in [-0.39, 0.29) is 11.2 Å². The molecule has 0 N–H and O–H groups in total. The molecule has 1 heterocycles. The molecule has 7 heteroatoms. The summed E-state index contributed by atoms with van der Waals surface area (Å²) in [5.74, 6) is 0.989. The van der Waals surface area contributed by atoms with Gasteiger partial charge >= 0.3 is 5.97 Å². The largest absolute Gasteiger partial charge is 0.497 e. The van der Waals surface area contributed by atoms with Crippen LogP contribution in [0.2, 0.25) is 0 Å². The number of benzene rings is 2. The Labute approximate surface area is 155 Å². The van der Waals surface area contributed by atoms with E-state index in [2.05, 4.69) is 4.74 Å². The van der Waals surface area contributed by atoms with Crippen LogP contribution >= 0.6 is 0 Å². The van der Waals surface area contributed by atoms with Crippen LogP contribution in [0.15, 0.2) is 57.9 Å². The van der Waals surface area contributed by atoms with Gasteiger partial charge in [-0.25, -0.2) is 4.79 Å². The molecule has 2 aromatic carbocycles. The maximum absolute atomic E-state index is 12.6. The predicted molar refractivity (Wildman–Crippen MR) is 97.7 cm³/mol. The number of esters is 1. The molecule has 7 nitrogen and oxygen atoms in total. The third kappa shape index (κ3) is 4.03. The maximum Gasteiger partial charge on any atom is 0.346 e. The van der Waals surface area contributed by atoms with Crippen LogP contribution in [-0.2, 0) is 9.53 Å². The molecule has 3 rings (SSSR count). The van der Waals surface area contributed by atoms with Crippen LogP contribution in [0.25, 0.3) is 11.0 Å². The van der Waals surface area contributed by atoms with E-state index in [1.807, 2.05) is 0 Å². The molecule has 1 aromatic heterocycles. The molecule has 1 atom stereocenters. The van der Waals surface area contributed by atoms with Crippen molar-refractivity contribution in [1.29, 1.82) is 0 Å². The molecule has 140 valence electrons. The smallest absolute Gasteiger partial charge is 0.346 e. The fourth-order valence-corrected chi connectivity index (χ4v) is 2.44. The van der Waals surface area contributed by atoms with Gasteiger partial charge in [-0.3, -0.25) is 4.79 Å². The lowest BCUT2D eigenvalue weighted by molar-refractivity contribution is -0.147. The summed E-state index contributed by atoms with van der Waals surface area (Å²) < 4.78 is 26.4. The van der Waals surface area contributed by atoms with E-state index in [9.17, 15) is 9.59 Å². The highest BCUT2D eigenvalue weighted by Crippen LogP contribution is 2.26. The van der Waals surface area contributed by atoms with Gasteiger partial charge in [0.2, 0.25) is 11.2 Å². The predicted octanol–water partition coefficient (Wildman–Crippen LogP) is 3.53. The Morgan fingerprint density at radius 1 is 1.04 bits per heavy atom. The molecule has 0 spiro atoms. The summed E-state index contributed by atoms with van der Waals surface area (Å²) in [4.78, 5) is 24.1. The van der Waals surface area contributed by atoms with E-state index in [0.717, 1.165) is 0 Å². The van der Waals surface area contributed by atoms with E-state index >= 15 is 0 Å². The lowest BCUT2D eigenvalue weighted by atomic mass is 10.2. The highest BCUT2D eigenvalue weighted by Gasteiger charge is 2.16. The van der Waals surface area contributed by atoms with E-state index in [0.29, 0.717) is 28.2 Å². The minimum atomic E-state index is -0.783. The molecule has 0 aliphatic heterocycles. The SMILES string of the molecule is COC(=O)[C@@H](C)Oc1ccc2c(=O)c(Oc3cccc(OC)c3)coc2c1. The van der Waals surface area contributed by atoms with Gasteiger partial charge in [-0.1, -0.05) is 6.07 Å². The quantitative estimate of drug-likeness (QED) is 0.614. The third-order valence-electron chi connectivity index (χ3n) is 3.83. The summed E-state index contributed by atoms with van der Waals surface area (Å²) in [7, 11) is 2.83. The van der Waals surface area contributed by atoms with Crippen molar-refractivity contribution in [3.05, 3.63) is 59.0 Å². The number of ether oxygens (including phenoxy) is 4. The van der Waals surface area contributed by atoms with Gasteiger partial charge in [0.15, 0.2) is 6.10 Å². The summed E-state index contributed by atoms with van der Waals surface area (Å²) in [5.41, 5.74) is -0.0146. The van der Waals surface area contributed by atoms with Gasteiger partial charge in [-0.2, -0.15) is 0 Å². The molecular formula is C20H18O7. The number of carbonyl (C=O) groups excluding carboxylic acids is 1. The molecule has 0 saturated heterocycles. The van der Waals surface area contributed by atoms with Crippen LogP contribution in [0.1, 0.15) is 6.92 Å². The van der Waals surface area contributed by atoms with Crippen molar-refractivity contribution in [2.45, 2.75) is 13.0 Å². The normalized spacial score (nSPS) is 11.7. The summed E-state index contributed by atoms with van der Waals surface area (Å²) in [6.07, 6.45) is 0.451. The van der Waals surface area contributed by atoms with Crippen LogP contribution in [0, 0.1) is 0 Å². The average Bonchev–Trinajstić information content (AvgIpc) is 2.69. The van der Waals surface area contributed by atoms with E-state index in [4.69, 9.17) is 18.6 Å². The molecule has 0 unspecified atom stereocenters. The second kappa shape index (κ2) is 7.82. The first kappa shape index (κ1) is 18.3. The topological polar surface area (TPSA) is 84.2 Å². The van der Waals surface area contributed by atoms with E-state index in [1.165, 1.54) is 19.4 Å². The van der Waals surface area contributed by atoms with Crippen LogP contribution < -0.4 is 19.6 Å². The van der Waals surface area contributed by atoms with Crippen molar-refractivity contribution in [2.24, 2.45) is 0 Å². The highest BCUT2D eigenvalue weighted by atomic mass is 16.6. The van der Waals surface area contributed by atoms with Gasteiger partial charge in [0.05, 0.1) is 19.6 Å². The second-order valence-corrected chi connectivity index (χ2v) is 5.65. The van der Waals surface area contributed by atoms with Gasteiger partial charge in [0.25, 0.3) is 0 Å². The molecule has 0 bridgehead atoms. The maximum atomic E-state index is 12.6. The fraction of sp³-hybridized carbons (Fsp3) is 0.200. The van der Waals surface area contributed by atoms with Gasteiger partial charge in [0.1, 0.15) is 29.1 Å². The third-order valence-corrected chi connectivity index (χ3v) is 3.83. The lowest BCUT2D eigenvalue weighted by Crippen LogP contribution is -2.24. The zero-order valence-corrected chi connectivity index (χ0v) is 15.1. The van der Waals surface area contributed by atoms with Gasteiger partial charge in [-0.15, -0.1) is 0 Å². The molecular weight excluding hydrogens is 352 g/mol. The summed E-state index contributed by atoms with van der Waals surface area (Å²) in [6.45, 7) is 1.57. The molecule has 3 aromatic rings. The molecule has 0 aliphatic carbocycles. The minimum Gasteiger partial charge on any atom is -0.497 e. The Morgan fingerprint density at radius 2 is 1.81 bits per heavy atom. The van der Waals surface area contributed by atoms with Crippen molar-refractivity contribution >= 4 is 16.9 Å². The first-order valence-corrected chi connectivity index (χ1v) is 8.13. The Bertz CT molecular complexity index is 1020. The van der Waals surface area contributed by atoms with Gasteiger partial charge in [0, 0.05) is 12.1 Å². The highest BCUT2D eigenvalue weighted by molar-refractivity contribution is 5.79. The molecule has 27 heavy (non-hydrogen) atoms. The standard InChI is InChI=1S/C20H18O7/c1-12(20(22)24-3)26-15-7-8-16-17(10-15)25-11-18(19(16)21)27-14-6-4-5-13(9-14)23-2/h4-12H,1-3H3/t12-/m1/s1. The summed E-state index contributed by atoms with van der Waals surface area (Å²) >= 11 is 0. The van der Waals surface area contributed by atoms with Crippen molar-refractivity contribution in [1.82, 2.24) is 0 Å². The van der Waals surface area contributed by atoms with E-state index in [1.54, 1.807) is 50.4 Å². The summed E-state index contributed by atoms with van der Waals surface area (Å²) in [6, 6.07) is 11.6. The first-order valence-electron chi connectivity index (χ1n) is 8.13. The molecule has 0 amide bonds. The fourth-order valence-electron chi connectivity index (χ4n) is 2.44. The van der Waals surface area contributed by atoms with E-state index < -0.39 is 12.1 Å². The number of hydrogen-bond donors (Lipinski definition) is 0. The van der Waals surface area contributed by atoms with Crippen molar-refractivity contribution in [3.8, 4) is 23.0 Å². The Hall–Kier alpha value is -3.48. The number of hydrogen-bond acceptors (Lipinski definition) is 7. The Balaban J connectivity index is 1.88. The molecule has 0 radical (unpaired) electrons. The zero-order chi connectivity index (χ0) is 19.4. The average molecular weight is 370 g/mol.